The van der Waals surface area contributed by atoms with Crippen LogP contribution in [0, 0.1) is 0 Å². The van der Waals surface area contributed by atoms with E-state index in [9.17, 15) is 9.59 Å². The number of ether oxygens (including phenoxy) is 1. The Morgan fingerprint density at radius 1 is 1.31 bits per heavy atom. The number of carbonyl (C=O) groups is 2. The van der Waals surface area contributed by atoms with Gasteiger partial charge in [-0.1, -0.05) is 12.1 Å². The minimum absolute atomic E-state index is 0.158. The van der Waals surface area contributed by atoms with Crippen LogP contribution < -0.4 is 15.0 Å². The third-order valence-electron chi connectivity index (χ3n) is 5.11. The SMILES string of the molecule is CCOc1ccccc1C(=O)Nc1cc2c3c(c1)[C@H](C)C(=O)N3CCC2. The van der Waals surface area contributed by atoms with E-state index in [4.69, 9.17) is 4.74 Å². The number of hydrogen-bond donors (Lipinski definition) is 1. The fraction of sp³-hybridized carbons (Fsp3) is 0.333. The van der Waals surface area contributed by atoms with Gasteiger partial charge in [-0.25, -0.2) is 0 Å². The van der Waals surface area contributed by atoms with Gasteiger partial charge >= 0.3 is 0 Å². The molecule has 4 rings (SSSR count). The Hall–Kier alpha value is -2.82. The minimum Gasteiger partial charge on any atom is -0.493 e. The molecule has 0 aromatic heterocycles. The molecule has 2 aliphatic heterocycles. The van der Waals surface area contributed by atoms with Crippen LogP contribution in [0.3, 0.4) is 0 Å². The van der Waals surface area contributed by atoms with E-state index in [2.05, 4.69) is 5.32 Å². The van der Waals surface area contributed by atoms with Crippen molar-refractivity contribution in [2.24, 2.45) is 0 Å². The van der Waals surface area contributed by atoms with Gasteiger partial charge < -0.3 is 15.0 Å². The van der Waals surface area contributed by atoms with Crippen molar-refractivity contribution in [3.63, 3.8) is 0 Å². The maximum absolute atomic E-state index is 12.8. The quantitative estimate of drug-likeness (QED) is 0.914. The summed E-state index contributed by atoms with van der Waals surface area (Å²) >= 11 is 0. The van der Waals surface area contributed by atoms with E-state index in [-0.39, 0.29) is 17.7 Å². The van der Waals surface area contributed by atoms with Crippen LogP contribution in [0.4, 0.5) is 11.4 Å². The molecule has 0 fully saturated rings. The molecule has 0 aliphatic carbocycles. The number of anilines is 2. The lowest BCUT2D eigenvalue weighted by Crippen LogP contribution is -2.32. The Labute approximate surface area is 153 Å². The number of carbonyl (C=O) groups excluding carboxylic acids is 2. The van der Waals surface area contributed by atoms with Gasteiger partial charge in [0.15, 0.2) is 0 Å². The first-order valence-corrected chi connectivity index (χ1v) is 9.11. The molecule has 5 heteroatoms. The van der Waals surface area contributed by atoms with Crippen molar-refractivity contribution in [2.75, 3.05) is 23.4 Å². The summed E-state index contributed by atoms with van der Waals surface area (Å²) in [6.45, 7) is 5.12. The fourth-order valence-electron chi connectivity index (χ4n) is 3.90. The average Bonchev–Trinajstić information content (AvgIpc) is 2.89. The van der Waals surface area contributed by atoms with Crippen molar-refractivity contribution in [3.8, 4) is 5.75 Å². The van der Waals surface area contributed by atoms with Gasteiger partial charge in [0.05, 0.1) is 23.8 Å². The van der Waals surface area contributed by atoms with Gasteiger partial charge in [0.1, 0.15) is 5.75 Å². The van der Waals surface area contributed by atoms with Gasteiger partial charge in [0.25, 0.3) is 5.91 Å². The molecule has 1 N–H and O–H groups in total. The number of nitrogens with zero attached hydrogens (tertiary/aromatic N) is 1. The van der Waals surface area contributed by atoms with Gasteiger partial charge in [0.2, 0.25) is 5.91 Å². The second-order valence-corrected chi connectivity index (χ2v) is 6.77. The first-order valence-electron chi connectivity index (χ1n) is 9.11. The summed E-state index contributed by atoms with van der Waals surface area (Å²) in [5, 5.41) is 2.99. The van der Waals surface area contributed by atoms with Crippen LogP contribution >= 0.6 is 0 Å². The zero-order valence-electron chi connectivity index (χ0n) is 15.0. The zero-order chi connectivity index (χ0) is 18.3. The number of benzene rings is 2. The highest BCUT2D eigenvalue weighted by molar-refractivity contribution is 6.09. The number of rotatable bonds is 4. The molecule has 5 nitrogen and oxygen atoms in total. The Morgan fingerprint density at radius 3 is 2.92 bits per heavy atom. The largest absolute Gasteiger partial charge is 0.493 e. The summed E-state index contributed by atoms with van der Waals surface area (Å²) in [7, 11) is 0. The highest BCUT2D eigenvalue weighted by Crippen LogP contribution is 2.44. The van der Waals surface area contributed by atoms with E-state index < -0.39 is 0 Å². The lowest BCUT2D eigenvalue weighted by Gasteiger charge is -2.26. The van der Waals surface area contributed by atoms with Crippen LogP contribution in [0.5, 0.6) is 5.75 Å². The van der Waals surface area contributed by atoms with Crippen molar-refractivity contribution < 1.29 is 14.3 Å². The molecule has 26 heavy (non-hydrogen) atoms. The third kappa shape index (κ3) is 2.64. The number of nitrogens with one attached hydrogen (secondary N) is 1. The summed E-state index contributed by atoms with van der Waals surface area (Å²) in [6, 6.07) is 11.2. The first kappa shape index (κ1) is 16.6. The van der Waals surface area contributed by atoms with Crippen molar-refractivity contribution in [3.05, 3.63) is 53.1 Å². The summed E-state index contributed by atoms with van der Waals surface area (Å²) in [4.78, 5) is 27.1. The van der Waals surface area contributed by atoms with Crippen molar-refractivity contribution in [1.29, 1.82) is 0 Å². The van der Waals surface area contributed by atoms with Crippen LogP contribution in [0.15, 0.2) is 36.4 Å². The molecule has 134 valence electrons. The highest BCUT2D eigenvalue weighted by Gasteiger charge is 2.38. The average molecular weight is 350 g/mol. The molecular weight excluding hydrogens is 328 g/mol. The molecule has 0 saturated heterocycles. The van der Waals surface area contributed by atoms with E-state index in [1.165, 1.54) is 0 Å². The maximum Gasteiger partial charge on any atom is 0.259 e. The Bertz CT molecular complexity index is 891. The predicted octanol–water partition coefficient (Wildman–Crippen LogP) is 3.73. The lowest BCUT2D eigenvalue weighted by atomic mass is 9.96. The zero-order valence-corrected chi connectivity index (χ0v) is 15.0. The molecule has 2 aromatic rings. The van der Waals surface area contributed by atoms with Gasteiger partial charge in [-0.05, 0) is 62.1 Å². The summed E-state index contributed by atoms with van der Waals surface area (Å²) in [5.74, 6) is 0.371. The van der Waals surface area contributed by atoms with Gasteiger partial charge in [0, 0.05) is 12.2 Å². The topological polar surface area (TPSA) is 58.6 Å². The second-order valence-electron chi connectivity index (χ2n) is 6.77. The maximum atomic E-state index is 12.8. The smallest absolute Gasteiger partial charge is 0.259 e. The third-order valence-corrected chi connectivity index (χ3v) is 5.11. The molecule has 1 atom stereocenters. The summed E-state index contributed by atoms with van der Waals surface area (Å²) in [5.41, 5.74) is 4.45. The minimum atomic E-state index is -0.203. The van der Waals surface area contributed by atoms with Crippen LogP contribution in [0.2, 0.25) is 0 Å². The number of para-hydroxylation sites is 1. The van der Waals surface area contributed by atoms with Gasteiger partial charge in [-0.2, -0.15) is 0 Å². The monoisotopic (exact) mass is 350 g/mol. The van der Waals surface area contributed by atoms with Crippen LogP contribution in [-0.2, 0) is 11.2 Å². The van der Waals surface area contributed by atoms with Crippen LogP contribution in [0.25, 0.3) is 0 Å². The lowest BCUT2D eigenvalue weighted by molar-refractivity contribution is -0.119. The Balaban J connectivity index is 1.67. The highest BCUT2D eigenvalue weighted by atomic mass is 16.5. The van der Waals surface area contributed by atoms with Crippen molar-refractivity contribution in [2.45, 2.75) is 32.6 Å². The van der Waals surface area contributed by atoms with E-state index in [1.807, 2.05) is 43.0 Å². The Morgan fingerprint density at radius 2 is 2.12 bits per heavy atom. The van der Waals surface area contributed by atoms with Crippen LogP contribution in [-0.4, -0.2) is 25.0 Å². The number of amides is 2. The molecule has 2 amide bonds. The molecule has 0 unspecified atom stereocenters. The predicted molar refractivity (Wildman–Crippen MR) is 101 cm³/mol. The van der Waals surface area contributed by atoms with Crippen LogP contribution in [0.1, 0.15) is 47.7 Å². The van der Waals surface area contributed by atoms with E-state index in [1.54, 1.807) is 12.1 Å². The number of hydrogen-bond acceptors (Lipinski definition) is 3. The second kappa shape index (κ2) is 6.48. The molecule has 0 radical (unpaired) electrons. The van der Waals surface area contributed by atoms with E-state index in [0.717, 1.165) is 41.9 Å². The van der Waals surface area contributed by atoms with Gasteiger partial charge in [-0.3, -0.25) is 9.59 Å². The number of aryl methyl sites for hydroxylation is 1. The molecular formula is C21H22N2O3. The van der Waals surface area contributed by atoms with E-state index in [0.29, 0.717) is 17.9 Å². The normalized spacial score (nSPS) is 17.8. The Kier molecular flexibility index (Phi) is 4.15. The fourth-order valence-corrected chi connectivity index (χ4v) is 3.90. The molecule has 0 saturated carbocycles. The molecule has 0 spiro atoms. The summed E-state index contributed by atoms with van der Waals surface area (Å²) in [6.07, 6.45) is 1.88. The molecule has 2 aromatic carbocycles. The van der Waals surface area contributed by atoms with Crippen molar-refractivity contribution in [1.82, 2.24) is 0 Å². The summed E-state index contributed by atoms with van der Waals surface area (Å²) < 4.78 is 5.56. The van der Waals surface area contributed by atoms with Gasteiger partial charge in [-0.15, -0.1) is 0 Å². The molecule has 2 aliphatic rings. The molecule has 0 bridgehead atoms. The molecule has 2 heterocycles. The standard InChI is InChI=1S/C21H22N2O3/c1-3-26-18-9-5-4-8-16(18)20(24)22-15-11-14-7-6-10-23-19(14)17(12-15)13(2)21(23)25/h4-5,8-9,11-13H,3,6-7,10H2,1-2H3,(H,22,24)/t13-/m0/s1. The van der Waals surface area contributed by atoms with Crippen molar-refractivity contribution >= 4 is 23.2 Å². The van der Waals surface area contributed by atoms with E-state index >= 15 is 0 Å². The first-order chi connectivity index (χ1) is 12.6.